The third-order valence-corrected chi connectivity index (χ3v) is 4.24. The van der Waals surface area contributed by atoms with Crippen molar-refractivity contribution in [3.05, 3.63) is 76.0 Å². The molecule has 0 saturated carbocycles. The van der Waals surface area contributed by atoms with Gasteiger partial charge in [-0.3, -0.25) is 4.79 Å². The first-order chi connectivity index (χ1) is 11.6. The summed E-state index contributed by atoms with van der Waals surface area (Å²) >= 11 is 7.33. The molecule has 0 unspecified atom stereocenters. The molecule has 0 atom stereocenters. The lowest BCUT2D eigenvalue weighted by Crippen LogP contribution is -2.17. The molecule has 7 heteroatoms. The van der Waals surface area contributed by atoms with Gasteiger partial charge in [-0.25, -0.2) is 14.8 Å². The Morgan fingerprint density at radius 3 is 2.58 bits per heavy atom. The van der Waals surface area contributed by atoms with Crippen molar-refractivity contribution >= 4 is 35.1 Å². The number of carbonyl (C=O) groups is 1. The van der Waals surface area contributed by atoms with Gasteiger partial charge in [-0.2, -0.15) is 5.10 Å². The second kappa shape index (κ2) is 7.33. The minimum absolute atomic E-state index is 0.327. The van der Waals surface area contributed by atoms with Crippen LogP contribution < -0.4 is 5.43 Å². The molecule has 4 nitrogen and oxygen atoms in total. The summed E-state index contributed by atoms with van der Waals surface area (Å²) in [6.07, 6.45) is 1.46. The molecule has 1 aromatic heterocycles. The summed E-state index contributed by atoms with van der Waals surface area (Å²) in [6.45, 7) is 0. The number of benzene rings is 2. The van der Waals surface area contributed by atoms with Crippen molar-refractivity contribution in [1.29, 1.82) is 0 Å². The molecule has 0 aliphatic carbocycles. The predicted molar refractivity (Wildman–Crippen MR) is 94.0 cm³/mol. The maximum atomic E-state index is 12.8. The van der Waals surface area contributed by atoms with Crippen LogP contribution in [0.5, 0.6) is 0 Å². The lowest BCUT2D eigenvalue weighted by atomic mass is 10.2. The van der Waals surface area contributed by atoms with Crippen LogP contribution in [-0.4, -0.2) is 17.1 Å². The summed E-state index contributed by atoms with van der Waals surface area (Å²) in [5.41, 5.74) is 4.29. The minimum Gasteiger partial charge on any atom is -0.267 e. The zero-order valence-electron chi connectivity index (χ0n) is 12.2. The Morgan fingerprint density at radius 2 is 1.88 bits per heavy atom. The van der Waals surface area contributed by atoms with Crippen LogP contribution in [0.3, 0.4) is 0 Å². The molecule has 0 aliphatic rings. The number of carbonyl (C=O) groups excluding carboxylic acids is 1. The van der Waals surface area contributed by atoms with Gasteiger partial charge in [-0.05, 0) is 36.4 Å². The van der Waals surface area contributed by atoms with Gasteiger partial charge in [0.05, 0.1) is 11.9 Å². The average Bonchev–Trinajstić information content (AvgIpc) is 3.05. The second-order valence-electron chi connectivity index (χ2n) is 4.79. The van der Waals surface area contributed by atoms with Gasteiger partial charge in [0.2, 0.25) is 0 Å². The fourth-order valence-corrected chi connectivity index (χ4v) is 2.80. The SMILES string of the molecule is O=C(N/N=C\c1csc(-c2ccc(Cl)cc2)n1)c1ccc(F)cc1. The van der Waals surface area contributed by atoms with Gasteiger partial charge in [0.1, 0.15) is 10.8 Å². The van der Waals surface area contributed by atoms with E-state index in [1.807, 2.05) is 17.5 Å². The van der Waals surface area contributed by atoms with E-state index in [9.17, 15) is 9.18 Å². The van der Waals surface area contributed by atoms with E-state index in [1.54, 1.807) is 12.1 Å². The topological polar surface area (TPSA) is 54.4 Å². The summed E-state index contributed by atoms with van der Waals surface area (Å²) in [4.78, 5) is 16.2. The Balaban J connectivity index is 1.64. The Labute approximate surface area is 146 Å². The van der Waals surface area contributed by atoms with Gasteiger partial charge in [0.25, 0.3) is 5.91 Å². The minimum atomic E-state index is -0.417. The standard InChI is InChI=1S/C17H11ClFN3OS/c18-13-5-1-12(2-6-13)17-21-15(10-24-17)9-20-22-16(23)11-3-7-14(19)8-4-11/h1-10H,(H,22,23)/b20-9-. The van der Waals surface area contributed by atoms with Crippen molar-refractivity contribution in [3.63, 3.8) is 0 Å². The highest BCUT2D eigenvalue weighted by Gasteiger charge is 2.05. The molecule has 3 rings (SSSR count). The maximum Gasteiger partial charge on any atom is 0.271 e. The molecule has 3 aromatic rings. The molecule has 1 N–H and O–H groups in total. The molecule has 1 amide bonds. The molecule has 0 bridgehead atoms. The normalized spacial score (nSPS) is 10.9. The van der Waals surface area contributed by atoms with Crippen molar-refractivity contribution in [2.24, 2.45) is 5.10 Å². The molecule has 0 radical (unpaired) electrons. The van der Waals surface area contributed by atoms with Gasteiger partial charge in [-0.15, -0.1) is 11.3 Å². The number of hydrazone groups is 1. The van der Waals surface area contributed by atoms with Crippen molar-refractivity contribution in [1.82, 2.24) is 10.4 Å². The van der Waals surface area contributed by atoms with Crippen molar-refractivity contribution < 1.29 is 9.18 Å². The van der Waals surface area contributed by atoms with E-state index in [4.69, 9.17) is 11.6 Å². The molecule has 0 aliphatic heterocycles. The average molecular weight is 360 g/mol. The number of hydrogen-bond donors (Lipinski definition) is 1. The van der Waals surface area contributed by atoms with Gasteiger partial charge in [-0.1, -0.05) is 23.7 Å². The number of hydrogen-bond acceptors (Lipinski definition) is 4. The zero-order valence-corrected chi connectivity index (χ0v) is 13.8. The number of rotatable bonds is 4. The molecule has 1 heterocycles. The van der Waals surface area contributed by atoms with Crippen LogP contribution in [0.15, 0.2) is 59.0 Å². The third-order valence-electron chi connectivity index (χ3n) is 3.08. The molecule has 24 heavy (non-hydrogen) atoms. The fourth-order valence-electron chi connectivity index (χ4n) is 1.89. The summed E-state index contributed by atoms with van der Waals surface area (Å²) in [5.74, 6) is -0.813. The van der Waals surface area contributed by atoms with Crippen LogP contribution in [0.1, 0.15) is 16.1 Å². The zero-order chi connectivity index (χ0) is 16.9. The molecule has 0 fully saturated rings. The van der Waals surface area contributed by atoms with E-state index in [0.717, 1.165) is 10.6 Å². The summed E-state index contributed by atoms with van der Waals surface area (Å²) < 4.78 is 12.8. The highest BCUT2D eigenvalue weighted by molar-refractivity contribution is 7.13. The lowest BCUT2D eigenvalue weighted by molar-refractivity contribution is 0.0955. The Bertz CT molecular complexity index is 876. The molecule has 120 valence electrons. The Kier molecular flexibility index (Phi) is 4.98. The predicted octanol–water partition coefficient (Wildman–Crippen LogP) is 4.37. The number of nitrogens with zero attached hydrogens (tertiary/aromatic N) is 2. The molecule has 2 aromatic carbocycles. The number of aromatic nitrogens is 1. The van der Waals surface area contributed by atoms with Crippen LogP contribution in [-0.2, 0) is 0 Å². The highest BCUT2D eigenvalue weighted by atomic mass is 35.5. The fraction of sp³-hybridized carbons (Fsp3) is 0. The van der Waals surface area contributed by atoms with Crippen LogP contribution in [0.2, 0.25) is 5.02 Å². The number of nitrogens with one attached hydrogen (secondary N) is 1. The van der Waals surface area contributed by atoms with Gasteiger partial charge >= 0.3 is 0 Å². The van der Waals surface area contributed by atoms with Gasteiger partial charge < -0.3 is 0 Å². The first-order valence-corrected chi connectivity index (χ1v) is 8.18. The summed E-state index contributed by atoms with van der Waals surface area (Å²) in [5, 5.41) is 7.20. The summed E-state index contributed by atoms with van der Waals surface area (Å²) in [6, 6.07) is 12.6. The van der Waals surface area contributed by atoms with E-state index in [-0.39, 0.29) is 0 Å². The smallest absolute Gasteiger partial charge is 0.267 e. The van der Waals surface area contributed by atoms with Crippen LogP contribution in [0, 0.1) is 5.82 Å². The largest absolute Gasteiger partial charge is 0.271 e. The molecular weight excluding hydrogens is 349 g/mol. The van der Waals surface area contributed by atoms with E-state index in [0.29, 0.717) is 16.3 Å². The van der Waals surface area contributed by atoms with E-state index >= 15 is 0 Å². The van der Waals surface area contributed by atoms with E-state index in [1.165, 1.54) is 41.8 Å². The van der Waals surface area contributed by atoms with Crippen molar-refractivity contribution in [2.45, 2.75) is 0 Å². The highest BCUT2D eigenvalue weighted by Crippen LogP contribution is 2.24. The third kappa shape index (κ3) is 4.04. The summed E-state index contributed by atoms with van der Waals surface area (Å²) in [7, 11) is 0. The lowest BCUT2D eigenvalue weighted by Gasteiger charge is -1.98. The Morgan fingerprint density at radius 1 is 1.17 bits per heavy atom. The molecule has 0 spiro atoms. The van der Waals surface area contributed by atoms with Crippen molar-refractivity contribution in [2.75, 3.05) is 0 Å². The first-order valence-electron chi connectivity index (χ1n) is 6.92. The molecule has 0 saturated heterocycles. The van der Waals surface area contributed by atoms with Crippen molar-refractivity contribution in [3.8, 4) is 10.6 Å². The Hall–Kier alpha value is -2.57. The van der Waals surface area contributed by atoms with Gasteiger partial charge in [0.15, 0.2) is 0 Å². The monoisotopic (exact) mass is 359 g/mol. The first kappa shape index (κ1) is 16.3. The number of halogens is 2. The quantitative estimate of drug-likeness (QED) is 0.555. The maximum absolute atomic E-state index is 12.8. The number of thiazole rings is 1. The van der Waals surface area contributed by atoms with Crippen LogP contribution in [0.25, 0.3) is 10.6 Å². The van der Waals surface area contributed by atoms with E-state index in [2.05, 4.69) is 15.5 Å². The number of amides is 1. The van der Waals surface area contributed by atoms with E-state index < -0.39 is 11.7 Å². The van der Waals surface area contributed by atoms with Crippen LogP contribution >= 0.6 is 22.9 Å². The van der Waals surface area contributed by atoms with Gasteiger partial charge in [0, 0.05) is 21.5 Å². The van der Waals surface area contributed by atoms with Crippen LogP contribution in [0.4, 0.5) is 4.39 Å². The second-order valence-corrected chi connectivity index (χ2v) is 6.08. The molecular formula is C17H11ClFN3OS.